The Hall–Kier alpha value is -0.630. The van der Waals surface area contributed by atoms with Crippen LogP contribution in [0.1, 0.15) is 13.3 Å². The van der Waals surface area contributed by atoms with E-state index in [0.717, 1.165) is 5.57 Å². The fraction of sp³-hybridized carbons (Fsp3) is 0.500. The summed E-state index contributed by atoms with van der Waals surface area (Å²) < 4.78 is 0. The largest absolute Gasteiger partial charge is 0.315 e. The molecule has 1 fully saturated rings. The van der Waals surface area contributed by atoms with Crippen molar-refractivity contribution in [2.24, 2.45) is 5.73 Å². The topological polar surface area (TPSA) is 43.1 Å². The lowest BCUT2D eigenvalue weighted by Crippen LogP contribution is -2.30. The first-order chi connectivity index (χ1) is 3.57. The molecule has 1 atom stereocenters. The van der Waals surface area contributed by atoms with Crippen LogP contribution in [0.3, 0.4) is 0 Å². The van der Waals surface area contributed by atoms with E-state index in [1.54, 1.807) is 0 Å². The van der Waals surface area contributed by atoms with Crippen LogP contribution < -0.4 is 5.73 Å². The number of carbonyl (C=O) groups is 1. The SMILES string of the molecule is C=C1CC1(N)C(C)=O. The van der Waals surface area contributed by atoms with Gasteiger partial charge in [0.2, 0.25) is 0 Å². The van der Waals surface area contributed by atoms with E-state index in [4.69, 9.17) is 5.73 Å². The second-order valence-corrected chi connectivity index (χ2v) is 2.31. The van der Waals surface area contributed by atoms with E-state index >= 15 is 0 Å². The van der Waals surface area contributed by atoms with Crippen molar-refractivity contribution >= 4 is 5.78 Å². The van der Waals surface area contributed by atoms with Gasteiger partial charge in [-0.3, -0.25) is 4.79 Å². The van der Waals surface area contributed by atoms with E-state index in [-0.39, 0.29) is 5.78 Å². The molecule has 0 aromatic heterocycles. The molecule has 1 saturated carbocycles. The lowest BCUT2D eigenvalue weighted by molar-refractivity contribution is -0.118. The minimum atomic E-state index is -0.625. The number of ketones is 1. The standard InChI is InChI=1S/C6H9NO/c1-4-3-6(4,7)5(2)8/h1,3,7H2,2H3. The van der Waals surface area contributed by atoms with Crippen molar-refractivity contribution in [3.63, 3.8) is 0 Å². The van der Waals surface area contributed by atoms with E-state index in [1.165, 1.54) is 6.92 Å². The summed E-state index contributed by atoms with van der Waals surface area (Å²) in [5.41, 5.74) is 5.72. The minimum Gasteiger partial charge on any atom is -0.315 e. The van der Waals surface area contributed by atoms with Gasteiger partial charge in [0, 0.05) is 0 Å². The van der Waals surface area contributed by atoms with Gasteiger partial charge in [0.15, 0.2) is 5.78 Å². The zero-order chi connectivity index (χ0) is 6.36. The minimum absolute atomic E-state index is 0.0301. The Labute approximate surface area is 48.4 Å². The molecule has 2 N–H and O–H groups in total. The molecule has 44 valence electrons. The summed E-state index contributed by atoms with van der Waals surface area (Å²) in [5.74, 6) is 0.0301. The van der Waals surface area contributed by atoms with E-state index in [9.17, 15) is 4.79 Å². The van der Waals surface area contributed by atoms with Crippen molar-refractivity contribution in [3.8, 4) is 0 Å². The third kappa shape index (κ3) is 0.497. The maximum absolute atomic E-state index is 10.6. The molecule has 0 bridgehead atoms. The van der Waals surface area contributed by atoms with Crippen LogP contribution in [0.2, 0.25) is 0 Å². The molecule has 1 rings (SSSR count). The number of Topliss-reactive ketones (excluding diaryl/α,β-unsaturated/α-hetero) is 1. The maximum atomic E-state index is 10.6. The van der Waals surface area contributed by atoms with Gasteiger partial charge in [-0.15, -0.1) is 0 Å². The van der Waals surface area contributed by atoms with Crippen LogP contribution in [-0.4, -0.2) is 11.3 Å². The van der Waals surface area contributed by atoms with Crippen LogP contribution in [0.25, 0.3) is 0 Å². The van der Waals surface area contributed by atoms with Gasteiger partial charge in [0.1, 0.15) is 0 Å². The van der Waals surface area contributed by atoms with Crippen molar-refractivity contribution in [1.29, 1.82) is 0 Å². The molecule has 2 nitrogen and oxygen atoms in total. The molecule has 0 radical (unpaired) electrons. The van der Waals surface area contributed by atoms with E-state index < -0.39 is 5.54 Å². The molecule has 1 aliphatic carbocycles. The van der Waals surface area contributed by atoms with Gasteiger partial charge in [-0.2, -0.15) is 0 Å². The fourth-order valence-corrected chi connectivity index (χ4v) is 0.666. The Kier molecular flexibility index (Phi) is 0.826. The summed E-state index contributed by atoms with van der Waals surface area (Å²) >= 11 is 0. The highest BCUT2D eigenvalue weighted by Gasteiger charge is 2.47. The Morgan fingerprint density at radius 2 is 2.38 bits per heavy atom. The summed E-state index contributed by atoms with van der Waals surface area (Å²) in [6.07, 6.45) is 0.683. The first-order valence-electron chi connectivity index (χ1n) is 2.55. The van der Waals surface area contributed by atoms with Crippen molar-refractivity contribution in [2.75, 3.05) is 0 Å². The Balaban J connectivity index is 2.73. The fourth-order valence-electron chi connectivity index (χ4n) is 0.666. The number of nitrogens with two attached hydrogens (primary N) is 1. The van der Waals surface area contributed by atoms with E-state index in [2.05, 4.69) is 6.58 Å². The zero-order valence-corrected chi connectivity index (χ0v) is 4.90. The normalized spacial score (nSPS) is 35.0. The van der Waals surface area contributed by atoms with E-state index in [1.807, 2.05) is 0 Å². The second kappa shape index (κ2) is 1.20. The molecule has 0 spiro atoms. The molecular weight excluding hydrogens is 102 g/mol. The molecule has 1 aliphatic rings. The molecule has 1 unspecified atom stereocenters. The highest BCUT2D eigenvalue weighted by molar-refractivity contribution is 5.94. The van der Waals surface area contributed by atoms with Gasteiger partial charge in [0.25, 0.3) is 0 Å². The first-order valence-corrected chi connectivity index (χ1v) is 2.55. The Morgan fingerprint density at radius 1 is 2.00 bits per heavy atom. The molecule has 0 aromatic rings. The zero-order valence-electron chi connectivity index (χ0n) is 4.90. The van der Waals surface area contributed by atoms with Gasteiger partial charge in [0.05, 0.1) is 5.54 Å². The third-order valence-electron chi connectivity index (χ3n) is 1.63. The smallest absolute Gasteiger partial charge is 0.154 e. The molecule has 0 saturated heterocycles. The summed E-state index contributed by atoms with van der Waals surface area (Å²) in [6, 6.07) is 0. The van der Waals surface area contributed by atoms with Gasteiger partial charge < -0.3 is 5.73 Å². The van der Waals surface area contributed by atoms with Gasteiger partial charge in [-0.05, 0) is 18.9 Å². The van der Waals surface area contributed by atoms with Crippen LogP contribution in [0, 0.1) is 0 Å². The summed E-state index contributed by atoms with van der Waals surface area (Å²) in [4.78, 5) is 10.6. The van der Waals surface area contributed by atoms with Crippen LogP contribution in [0.15, 0.2) is 12.2 Å². The Morgan fingerprint density at radius 3 is 2.38 bits per heavy atom. The van der Waals surface area contributed by atoms with Crippen LogP contribution in [0.5, 0.6) is 0 Å². The van der Waals surface area contributed by atoms with Crippen molar-refractivity contribution < 1.29 is 4.79 Å². The van der Waals surface area contributed by atoms with Crippen LogP contribution in [-0.2, 0) is 4.79 Å². The number of carbonyl (C=O) groups excluding carboxylic acids is 1. The van der Waals surface area contributed by atoms with Crippen molar-refractivity contribution in [1.82, 2.24) is 0 Å². The van der Waals surface area contributed by atoms with Crippen LogP contribution >= 0.6 is 0 Å². The summed E-state index contributed by atoms with van der Waals surface area (Å²) in [5, 5.41) is 0. The molecule has 0 aromatic carbocycles. The monoisotopic (exact) mass is 111 g/mol. The quantitative estimate of drug-likeness (QED) is 0.492. The van der Waals surface area contributed by atoms with Crippen molar-refractivity contribution in [2.45, 2.75) is 18.9 Å². The van der Waals surface area contributed by atoms with Crippen molar-refractivity contribution in [3.05, 3.63) is 12.2 Å². The molecule has 0 heterocycles. The van der Waals surface area contributed by atoms with E-state index in [0.29, 0.717) is 6.42 Å². The van der Waals surface area contributed by atoms with Gasteiger partial charge in [-0.1, -0.05) is 6.58 Å². The lowest BCUT2D eigenvalue weighted by Gasteiger charge is -1.97. The summed E-state index contributed by atoms with van der Waals surface area (Å²) in [7, 11) is 0. The molecule has 0 aliphatic heterocycles. The predicted octanol–water partition coefficient (Wildman–Crippen LogP) is 0.233. The predicted molar refractivity (Wildman–Crippen MR) is 31.4 cm³/mol. The first kappa shape index (κ1) is 5.51. The maximum Gasteiger partial charge on any atom is 0.154 e. The lowest BCUT2D eigenvalue weighted by atomic mass is 10.2. The second-order valence-electron chi connectivity index (χ2n) is 2.31. The number of rotatable bonds is 1. The third-order valence-corrected chi connectivity index (χ3v) is 1.63. The average molecular weight is 111 g/mol. The van der Waals surface area contributed by atoms with Crippen LogP contribution in [0.4, 0.5) is 0 Å². The summed E-state index contributed by atoms with van der Waals surface area (Å²) in [6.45, 7) is 5.09. The highest BCUT2D eigenvalue weighted by atomic mass is 16.1. The molecule has 0 amide bonds. The molecule has 2 heteroatoms. The number of hydrogen-bond donors (Lipinski definition) is 1. The molecule has 8 heavy (non-hydrogen) atoms. The Bertz CT molecular complexity index is 162. The average Bonchev–Trinajstić information content (AvgIpc) is 2.17. The highest BCUT2D eigenvalue weighted by Crippen LogP contribution is 2.38. The number of hydrogen-bond acceptors (Lipinski definition) is 2. The van der Waals surface area contributed by atoms with Gasteiger partial charge >= 0.3 is 0 Å². The van der Waals surface area contributed by atoms with Gasteiger partial charge in [-0.25, -0.2) is 0 Å². The molecular formula is C6H9NO.